The molecule has 54 valence electrons. The Morgan fingerprint density at radius 2 is 2.22 bits per heavy atom. The monoisotopic (exact) mass is 148 g/mol. The van der Waals surface area contributed by atoms with Crippen LogP contribution in [0.15, 0.2) is 0 Å². The SMILES string of the molecule is CCC(O)(C[SiH3])C(=O)O. The lowest BCUT2D eigenvalue weighted by molar-refractivity contribution is -0.156. The molecular weight excluding hydrogens is 136 g/mol. The first-order valence-corrected chi connectivity index (χ1v) is 4.44. The maximum absolute atomic E-state index is 10.3. The summed E-state index contributed by atoms with van der Waals surface area (Å²) in [6, 6.07) is 0.402. The maximum Gasteiger partial charge on any atom is 0.335 e. The summed E-state index contributed by atoms with van der Waals surface area (Å²) in [6.07, 6.45) is 0.297. The highest BCUT2D eigenvalue weighted by Gasteiger charge is 2.30. The van der Waals surface area contributed by atoms with Crippen molar-refractivity contribution in [3.63, 3.8) is 0 Å². The van der Waals surface area contributed by atoms with Crippen LogP contribution in [0.5, 0.6) is 0 Å². The molecule has 0 aliphatic carbocycles. The van der Waals surface area contributed by atoms with Crippen LogP contribution in [0.1, 0.15) is 13.3 Å². The molecule has 0 saturated heterocycles. The molecule has 0 heterocycles. The first kappa shape index (κ1) is 8.65. The third-order valence-corrected chi connectivity index (χ3v) is 2.74. The fraction of sp³-hybridized carbons (Fsp3) is 0.800. The van der Waals surface area contributed by atoms with Crippen molar-refractivity contribution in [1.82, 2.24) is 0 Å². The molecule has 0 aliphatic heterocycles. The van der Waals surface area contributed by atoms with Crippen molar-refractivity contribution >= 4 is 16.2 Å². The number of carboxylic acids is 1. The Labute approximate surface area is 57.1 Å². The van der Waals surface area contributed by atoms with Crippen LogP contribution in [-0.4, -0.2) is 32.0 Å². The Kier molecular flexibility index (Phi) is 2.86. The van der Waals surface area contributed by atoms with E-state index in [1.165, 1.54) is 0 Å². The number of carboxylic acid groups (broad SMARTS) is 1. The topological polar surface area (TPSA) is 57.5 Å². The third-order valence-electron chi connectivity index (χ3n) is 1.57. The molecule has 0 aromatic carbocycles. The Balaban J connectivity index is 4.09. The first-order chi connectivity index (χ1) is 4.06. The van der Waals surface area contributed by atoms with E-state index in [0.29, 0.717) is 12.5 Å². The zero-order chi connectivity index (χ0) is 7.49. The van der Waals surface area contributed by atoms with E-state index in [-0.39, 0.29) is 0 Å². The standard InChI is InChI=1S/C5H12O3Si/c1-2-5(8,3-9)4(6)7/h8H,2-3H2,1,9H3,(H,6,7). The van der Waals surface area contributed by atoms with Crippen molar-refractivity contribution in [2.24, 2.45) is 0 Å². The molecule has 0 rings (SSSR count). The summed E-state index contributed by atoms with van der Waals surface area (Å²) in [6.45, 7) is 1.67. The van der Waals surface area contributed by atoms with E-state index in [1.807, 2.05) is 0 Å². The van der Waals surface area contributed by atoms with Gasteiger partial charge < -0.3 is 10.2 Å². The van der Waals surface area contributed by atoms with Gasteiger partial charge in [0.1, 0.15) is 0 Å². The molecule has 0 aromatic heterocycles. The normalized spacial score (nSPS) is 17.1. The zero-order valence-electron chi connectivity index (χ0n) is 5.72. The van der Waals surface area contributed by atoms with Crippen LogP contribution in [0, 0.1) is 0 Å². The average molecular weight is 148 g/mol. The molecule has 0 aromatic rings. The minimum absolute atomic E-state index is 0.297. The summed E-state index contributed by atoms with van der Waals surface area (Å²) in [4.78, 5) is 10.3. The molecule has 0 amide bonds. The molecule has 9 heavy (non-hydrogen) atoms. The Morgan fingerprint density at radius 1 is 1.78 bits per heavy atom. The van der Waals surface area contributed by atoms with Crippen molar-refractivity contribution < 1.29 is 15.0 Å². The zero-order valence-corrected chi connectivity index (χ0v) is 7.72. The lowest BCUT2D eigenvalue weighted by Gasteiger charge is -2.18. The highest BCUT2D eigenvalue weighted by molar-refractivity contribution is 6.11. The summed E-state index contributed by atoms with van der Waals surface area (Å²) < 4.78 is 0. The van der Waals surface area contributed by atoms with Crippen LogP contribution in [0.2, 0.25) is 6.04 Å². The Morgan fingerprint density at radius 3 is 2.22 bits per heavy atom. The molecular formula is C5H12O3Si. The summed E-state index contributed by atoms with van der Waals surface area (Å²) in [5.74, 6) is -1.10. The van der Waals surface area contributed by atoms with E-state index in [9.17, 15) is 4.79 Å². The number of carbonyl (C=O) groups is 1. The summed E-state index contributed by atoms with van der Waals surface area (Å²) in [7, 11) is 0.723. The molecule has 1 atom stereocenters. The van der Waals surface area contributed by atoms with E-state index in [2.05, 4.69) is 0 Å². The Hall–Kier alpha value is -0.353. The highest BCUT2D eigenvalue weighted by atomic mass is 28.1. The predicted octanol–water partition coefficient (Wildman–Crippen LogP) is -1.00. The van der Waals surface area contributed by atoms with E-state index in [0.717, 1.165) is 10.2 Å². The summed E-state index contributed by atoms with van der Waals surface area (Å²) >= 11 is 0. The minimum Gasteiger partial charge on any atom is -0.479 e. The second kappa shape index (κ2) is 2.98. The van der Waals surface area contributed by atoms with Crippen molar-refractivity contribution in [3.8, 4) is 0 Å². The van der Waals surface area contributed by atoms with E-state index < -0.39 is 11.6 Å². The fourth-order valence-electron chi connectivity index (χ4n) is 0.552. The lowest BCUT2D eigenvalue weighted by atomic mass is 10.0. The van der Waals surface area contributed by atoms with Crippen molar-refractivity contribution in [3.05, 3.63) is 0 Å². The molecule has 1 unspecified atom stereocenters. The fourth-order valence-corrected chi connectivity index (χ4v) is 1.35. The highest BCUT2D eigenvalue weighted by Crippen LogP contribution is 2.12. The first-order valence-electron chi connectivity index (χ1n) is 3.02. The number of rotatable bonds is 3. The van der Waals surface area contributed by atoms with Gasteiger partial charge >= 0.3 is 5.97 Å². The van der Waals surface area contributed by atoms with Gasteiger partial charge in [0.15, 0.2) is 5.60 Å². The van der Waals surface area contributed by atoms with Gasteiger partial charge in [-0.3, -0.25) is 0 Å². The maximum atomic E-state index is 10.3. The summed E-state index contributed by atoms with van der Waals surface area (Å²) in [5.41, 5.74) is -1.44. The van der Waals surface area contributed by atoms with E-state index in [4.69, 9.17) is 10.2 Å². The molecule has 2 N–H and O–H groups in total. The molecule has 3 nitrogen and oxygen atoms in total. The number of aliphatic carboxylic acids is 1. The van der Waals surface area contributed by atoms with Gasteiger partial charge in [0.05, 0.1) is 0 Å². The van der Waals surface area contributed by atoms with Crippen molar-refractivity contribution in [1.29, 1.82) is 0 Å². The number of aliphatic hydroxyl groups is 1. The molecule has 4 heteroatoms. The minimum atomic E-state index is -1.44. The molecule has 0 spiro atoms. The lowest BCUT2D eigenvalue weighted by Crippen LogP contribution is -2.36. The van der Waals surface area contributed by atoms with Gasteiger partial charge in [-0.2, -0.15) is 0 Å². The van der Waals surface area contributed by atoms with Gasteiger partial charge in [0.25, 0.3) is 0 Å². The van der Waals surface area contributed by atoms with E-state index in [1.54, 1.807) is 6.92 Å². The molecule has 0 radical (unpaired) electrons. The van der Waals surface area contributed by atoms with Gasteiger partial charge in [-0.05, 0) is 12.5 Å². The predicted molar refractivity (Wildman–Crippen MR) is 37.6 cm³/mol. The van der Waals surface area contributed by atoms with Crippen LogP contribution in [-0.2, 0) is 4.79 Å². The quantitative estimate of drug-likeness (QED) is 0.504. The van der Waals surface area contributed by atoms with Crippen molar-refractivity contribution in [2.75, 3.05) is 0 Å². The summed E-state index contributed by atoms with van der Waals surface area (Å²) in [5, 5.41) is 17.5. The number of hydrogen-bond acceptors (Lipinski definition) is 2. The van der Waals surface area contributed by atoms with Crippen LogP contribution < -0.4 is 0 Å². The van der Waals surface area contributed by atoms with E-state index >= 15 is 0 Å². The second-order valence-electron chi connectivity index (χ2n) is 2.04. The number of hydrogen-bond donors (Lipinski definition) is 2. The van der Waals surface area contributed by atoms with Gasteiger partial charge in [-0.1, -0.05) is 6.92 Å². The van der Waals surface area contributed by atoms with Gasteiger partial charge in [-0.15, -0.1) is 0 Å². The largest absolute Gasteiger partial charge is 0.479 e. The second-order valence-corrected chi connectivity index (χ2v) is 2.75. The van der Waals surface area contributed by atoms with Gasteiger partial charge in [0.2, 0.25) is 0 Å². The molecule has 0 bridgehead atoms. The molecule has 0 fully saturated rings. The Bertz CT molecular complexity index is 109. The van der Waals surface area contributed by atoms with Crippen LogP contribution in [0.25, 0.3) is 0 Å². The van der Waals surface area contributed by atoms with Crippen LogP contribution in [0.4, 0.5) is 0 Å². The van der Waals surface area contributed by atoms with Crippen molar-refractivity contribution in [2.45, 2.75) is 25.0 Å². The van der Waals surface area contributed by atoms with Crippen LogP contribution >= 0.6 is 0 Å². The average Bonchev–Trinajstić information content (AvgIpc) is 1.86. The molecule has 0 saturated carbocycles. The van der Waals surface area contributed by atoms with Gasteiger partial charge in [0, 0.05) is 10.2 Å². The van der Waals surface area contributed by atoms with Crippen LogP contribution in [0.3, 0.4) is 0 Å². The molecule has 0 aliphatic rings. The smallest absolute Gasteiger partial charge is 0.335 e. The van der Waals surface area contributed by atoms with Gasteiger partial charge in [-0.25, -0.2) is 4.79 Å². The third kappa shape index (κ3) is 1.80.